The number of nitrogens with one attached hydrogen (secondary N) is 1. The number of benzene rings is 3. The minimum atomic E-state index is -4.61. The van der Waals surface area contributed by atoms with E-state index < -0.39 is 35.9 Å². The van der Waals surface area contributed by atoms with Crippen molar-refractivity contribution in [3.05, 3.63) is 95.1 Å². The van der Waals surface area contributed by atoms with E-state index in [1.165, 1.54) is 26.9 Å². The number of fused-ring (bicyclic) bond motifs is 1. The molecule has 0 aliphatic carbocycles. The fourth-order valence-electron chi connectivity index (χ4n) is 6.17. The third-order valence-corrected chi connectivity index (χ3v) is 8.92. The van der Waals surface area contributed by atoms with Gasteiger partial charge in [0, 0.05) is 44.8 Å². The Morgan fingerprint density at radius 3 is 2.31 bits per heavy atom. The molecule has 13 heteroatoms. The van der Waals surface area contributed by atoms with E-state index in [9.17, 15) is 32.7 Å². The second-order valence-corrected chi connectivity index (χ2v) is 12.4. The number of carbonyl (C=O) groups excluding carboxylic acids is 3. The number of halogens is 3. The van der Waals surface area contributed by atoms with Gasteiger partial charge < -0.3 is 25.1 Å². The first-order valence-corrected chi connectivity index (χ1v) is 15.9. The number of rotatable bonds is 9. The van der Waals surface area contributed by atoms with Crippen LogP contribution < -0.4 is 10.2 Å². The highest BCUT2D eigenvalue weighted by molar-refractivity contribution is 5.91. The summed E-state index contributed by atoms with van der Waals surface area (Å²) in [6.45, 7) is 5.68. The average Bonchev–Trinajstić information content (AvgIpc) is 3.05. The number of phenolic OH excluding ortho intramolecular Hbond substituents is 1. The Balaban J connectivity index is 1.53. The number of piperazine rings is 1. The summed E-state index contributed by atoms with van der Waals surface area (Å²) in [5, 5.41) is 15.8. The number of hydrogen-bond donors (Lipinski definition) is 2. The van der Waals surface area contributed by atoms with Crippen molar-refractivity contribution in [2.45, 2.75) is 64.7 Å². The van der Waals surface area contributed by atoms with Crippen molar-refractivity contribution in [1.29, 1.82) is 0 Å². The monoisotopic (exact) mass is 666 g/mol. The number of amides is 4. The van der Waals surface area contributed by atoms with E-state index >= 15 is 0 Å². The van der Waals surface area contributed by atoms with Crippen LogP contribution in [0.1, 0.15) is 43.0 Å². The molecule has 0 spiro atoms. The van der Waals surface area contributed by atoms with Gasteiger partial charge in [-0.2, -0.15) is 13.2 Å². The average molecular weight is 667 g/mol. The minimum absolute atomic E-state index is 0.0360. The maximum Gasteiger partial charge on any atom is 0.416 e. The Morgan fingerprint density at radius 2 is 1.69 bits per heavy atom. The van der Waals surface area contributed by atoms with Crippen LogP contribution in [0.4, 0.5) is 23.7 Å². The van der Waals surface area contributed by atoms with Gasteiger partial charge in [-0.05, 0) is 60.9 Å². The summed E-state index contributed by atoms with van der Waals surface area (Å²) in [5.74, 6) is -0.752. The van der Waals surface area contributed by atoms with Gasteiger partial charge in [-0.1, -0.05) is 49.4 Å². The third-order valence-electron chi connectivity index (χ3n) is 8.92. The van der Waals surface area contributed by atoms with Crippen molar-refractivity contribution < 1.29 is 32.7 Å². The number of carbonyl (C=O) groups is 3. The fraction of sp³-hybridized carbons (Fsp3) is 0.400. The molecule has 2 aliphatic rings. The summed E-state index contributed by atoms with van der Waals surface area (Å²) in [7, 11) is 1.71. The van der Waals surface area contributed by atoms with Crippen LogP contribution in [-0.2, 0) is 35.3 Å². The quantitative estimate of drug-likeness (QED) is 0.340. The smallest absolute Gasteiger partial charge is 0.416 e. The summed E-state index contributed by atoms with van der Waals surface area (Å²) >= 11 is 0. The lowest BCUT2D eigenvalue weighted by atomic mass is 9.98. The van der Waals surface area contributed by atoms with Crippen molar-refractivity contribution >= 4 is 23.5 Å². The number of anilines is 1. The zero-order valence-corrected chi connectivity index (χ0v) is 27.4. The van der Waals surface area contributed by atoms with Crippen LogP contribution in [0.2, 0.25) is 0 Å². The second kappa shape index (κ2) is 14.1. The number of phenols is 1. The number of urea groups is 1. The number of alkyl halides is 3. The number of hydrogen-bond acceptors (Lipinski definition) is 6. The van der Waals surface area contributed by atoms with Crippen LogP contribution >= 0.6 is 0 Å². The molecule has 2 heterocycles. The van der Waals surface area contributed by atoms with Crippen molar-refractivity contribution in [2.24, 2.45) is 0 Å². The van der Waals surface area contributed by atoms with Crippen LogP contribution in [-0.4, -0.2) is 87.7 Å². The predicted octanol–water partition coefficient (Wildman–Crippen LogP) is 4.83. The van der Waals surface area contributed by atoms with Crippen molar-refractivity contribution in [1.82, 2.24) is 25.1 Å². The number of hydrazine groups is 1. The fourth-order valence-corrected chi connectivity index (χ4v) is 6.17. The summed E-state index contributed by atoms with van der Waals surface area (Å²) in [6, 6.07) is 17.8. The van der Waals surface area contributed by atoms with Gasteiger partial charge in [-0.25, -0.2) is 14.8 Å². The molecule has 2 atom stereocenters. The molecule has 5 rings (SSSR count). The lowest BCUT2D eigenvalue weighted by Crippen LogP contribution is -2.76. The topological polar surface area (TPSA) is 99.7 Å². The van der Waals surface area contributed by atoms with E-state index in [0.717, 1.165) is 17.7 Å². The van der Waals surface area contributed by atoms with E-state index in [0.29, 0.717) is 17.8 Å². The summed E-state index contributed by atoms with van der Waals surface area (Å²) in [6.07, 6.45) is -5.46. The molecule has 2 fully saturated rings. The molecule has 48 heavy (non-hydrogen) atoms. The SMILES string of the molecule is CCN1CC(=O)N2[C@@H](Cc3ccc(O)cc3)C(=O)N(Cc3cc(N(C)C(C)C)cc(C(F)(F)F)c3)C[C@@H]2N1C(=O)NCc1ccccc1. The Hall–Kier alpha value is -4.78. The van der Waals surface area contributed by atoms with E-state index in [2.05, 4.69) is 5.32 Å². The predicted molar refractivity (Wildman–Crippen MR) is 174 cm³/mol. The summed E-state index contributed by atoms with van der Waals surface area (Å²) in [5.41, 5.74) is 1.33. The highest BCUT2D eigenvalue weighted by Crippen LogP contribution is 2.35. The number of likely N-dealkylation sites (N-methyl/N-ethyl adjacent to an activating group) is 1. The molecule has 0 saturated carbocycles. The van der Waals surface area contributed by atoms with Gasteiger partial charge in [-0.15, -0.1) is 0 Å². The highest BCUT2D eigenvalue weighted by Gasteiger charge is 2.51. The Kier molecular flexibility index (Phi) is 10.2. The van der Waals surface area contributed by atoms with E-state index in [1.54, 1.807) is 35.2 Å². The minimum Gasteiger partial charge on any atom is -0.508 e. The molecule has 0 radical (unpaired) electrons. The lowest BCUT2D eigenvalue weighted by Gasteiger charge is -2.55. The molecule has 2 saturated heterocycles. The molecule has 2 aliphatic heterocycles. The largest absolute Gasteiger partial charge is 0.508 e. The maximum absolute atomic E-state index is 14.3. The molecule has 3 aromatic carbocycles. The van der Waals surface area contributed by atoms with Gasteiger partial charge in [0.25, 0.3) is 0 Å². The van der Waals surface area contributed by atoms with Gasteiger partial charge in [-0.3, -0.25) is 9.59 Å². The molecular formula is C35H41F3N6O4. The molecule has 0 unspecified atom stereocenters. The van der Waals surface area contributed by atoms with Crippen LogP contribution in [0.25, 0.3) is 0 Å². The Labute approximate surface area is 278 Å². The van der Waals surface area contributed by atoms with Gasteiger partial charge >= 0.3 is 12.2 Å². The normalized spacial score (nSPS) is 18.7. The number of aromatic hydroxyl groups is 1. The zero-order valence-electron chi connectivity index (χ0n) is 27.4. The van der Waals surface area contributed by atoms with Crippen LogP contribution in [0, 0.1) is 0 Å². The Morgan fingerprint density at radius 1 is 1.00 bits per heavy atom. The maximum atomic E-state index is 14.3. The van der Waals surface area contributed by atoms with Crippen LogP contribution in [0.3, 0.4) is 0 Å². The van der Waals surface area contributed by atoms with Crippen molar-refractivity contribution in [3.63, 3.8) is 0 Å². The lowest BCUT2D eigenvalue weighted by molar-refractivity contribution is -0.190. The van der Waals surface area contributed by atoms with Gasteiger partial charge in [0.05, 0.1) is 18.7 Å². The van der Waals surface area contributed by atoms with E-state index in [1.807, 2.05) is 51.1 Å². The van der Waals surface area contributed by atoms with Crippen molar-refractivity contribution in [3.8, 4) is 5.75 Å². The number of nitrogens with zero attached hydrogens (tertiary/aromatic N) is 5. The van der Waals surface area contributed by atoms with Gasteiger partial charge in [0.2, 0.25) is 11.8 Å². The Bertz CT molecular complexity index is 1620. The second-order valence-electron chi connectivity index (χ2n) is 12.4. The molecular weight excluding hydrogens is 625 g/mol. The first-order valence-electron chi connectivity index (χ1n) is 15.9. The van der Waals surface area contributed by atoms with Crippen LogP contribution in [0.5, 0.6) is 5.75 Å². The third kappa shape index (κ3) is 7.51. The van der Waals surface area contributed by atoms with E-state index in [-0.39, 0.29) is 55.9 Å². The highest BCUT2D eigenvalue weighted by atomic mass is 19.4. The molecule has 3 aromatic rings. The molecule has 0 aromatic heterocycles. The van der Waals surface area contributed by atoms with Gasteiger partial charge in [0.15, 0.2) is 0 Å². The standard InChI is InChI=1S/C35H41F3N6O4/c1-5-42-22-32(46)43-30(17-24-11-13-29(45)14-12-24)33(47)41(21-31(43)44(42)34(48)39-19-25-9-7-6-8-10-25)20-26-15-27(35(36,37)38)18-28(16-26)40(4)23(2)3/h6-16,18,23,30-31,45H,5,17,19-22H2,1-4H3,(H,39,48)/t30-,31-/m0/s1. The van der Waals surface area contributed by atoms with E-state index in [4.69, 9.17) is 0 Å². The molecule has 0 bridgehead atoms. The zero-order chi connectivity index (χ0) is 34.7. The first-order chi connectivity index (χ1) is 22.8. The molecule has 2 N–H and O–H groups in total. The van der Waals surface area contributed by atoms with Gasteiger partial charge in [0.1, 0.15) is 18.0 Å². The molecule has 10 nitrogen and oxygen atoms in total. The summed E-state index contributed by atoms with van der Waals surface area (Å²) < 4.78 is 42.2. The van der Waals surface area contributed by atoms with Crippen LogP contribution in [0.15, 0.2) is 72.8 Å². The molecule has 256 valence electrons. The van der Waals surface area contributed by atoms with Crippen molar-refractivity contribution in [2.75, 3.05) is 31.6 Å². The summed E-state index contributed by atoms with van der Waals surface area (Å²) in [4.78, 5) is 46.5. The first kappa shape index (κ1) is 34.6. The molecule has 4 amide bonds.